The molecule has 0 atom stereocenters. The standard InChI is InChI=1S/C24H23F4N5/c1-23(2,24(26,27)28)12-11-15-6-3-10-19-16(15)8-5-13-32(19)21-17-7-4-9-18(25)20(17)33-14-29-31-22(33)30-21/h3-4,6-7,9-10,14H,5,8,11-13H2,1-2H3. The number of aryl methyl sites for hydroxylation is 1. The van der Waals surface area contributed by atoms with E-state index in [0.717, 1.165) is 29.7 Å². The first-order valence-corrected chi connectivity index (χ1v) is 10.9. The van der Waals surface area contributed by atoms with Crippen molar-refractivity contribution in [2.45, 2.75) is 45.7 Å². The van der Waals surface area contributed by atoms with Gasteiger partial charge in [0.15, 0.2) is 0 Å². The van der Waals surface area contributed by atoms with Gasteiger partial charge in [0.25, 0.3) is 5.78 Å². The third-order valence-corrected chi connectivity index (χ3v) is 6.59. The number of hydrogen-bond donors (Lipinski definition) is 0. The molecule has 4 aromatic rings. The largest absolute Gasteiger partial charge is 0.393 e. The average Bonchev–Trinajstić information content (AvgIpc) is 3.24. The van der Waals surface area contributed by atoms with Crippen molar-refractivity contribution < 1.29 is 17.6 Å². The van der Waals surface area contributed by atoms with Gasteiger partial charge in [-0.1, -0.05) is 32.0 Å². The molecule has 1 aliphatic rings. The van der Waals surface area contributed by atoms with Crippen LogP contribution in [0.4, 0.5) is 29.1 Å². The van der Waals surface area contributed by atoms with E-state index in [2.05, 4.69) is 15.2 Å². The van der Waals surface area contributed by atoms with Gasteiger partial charge in [-0.2, -0.15) is 18.2 Å². The van der Waals surface area contributed by atoms with E-state index in [4.69, 9.17) is 0 Å². The molecule has 0 unspecified atom stereocenters. The lowest BCUT2D eigenvalue weighted by molar-refractivity contribution is -0.213. The molecule has 0 fully saturated rings. The number of alkyl halides is 3. The highest BCUT2D eigenvalue weighted by molar-refractivity contribution is 5.94. The molecule has 0 aliphatic carbocycles. The minimum absolute atomic E-state index is 0.00501. The fraction of sp³-hybridized carbons (Fsp3) is 0.375. The molecule has 2 aromatic carbocycles. The second-order valence-electron chi connectivity index (χ2n) is 9.12. The molecule has 5 rings (SSSR count). The third kappa shape index (κ3) is 3.59. The Balaban J connectivity index is 1.59. The third-order valence-electron chi connectivity index (χ3n) is 6.59. The summed E-state index contributed by atoms with van der Waals surface area (Å²) in [5.74, 6) is 0.456. The predicted octanol–water partition coefficient (Wildman–Crippen LogP) is 6.02. The zero-order chi connectivity index (χ0) is 23.4. The predicted molar refractivity (Wildman–Crippen MR) is 118 cm³/mol. The Morgan fingerprint density at radius 1 is 1.06 bits per heavy atom. The summed E-state index contributed by atoms with van der Waals surface area (Å²) in [7, 11) is 0. The smallest absolute Gasteiger partial charge is 0.325 e. The maximum absolute atomic E-state index is 14.8. The fourth-order valence-corrected chi connectivity index (χ4v) is 4.50. The van der Waals surface area contributed by atoms with Crippen LogP contribution >= 0.6 is 0 Å². The zero-order valence-corrected chi connectivity index (χ0v) is 18.3. The molecule has 0 spiro atoms. The van der Waals surface area contributed by atoms with Gasteiger partial charge >= 0.3 is 6.18 Å². The number of fused-ring (bicyclic) bond motifs is 4. The van der Waals surface area contributed by atoms with Gasteiger partial charge in [0.2, 0.25) is 0 Å². The van der Waals surface area contributed by atoms with Crippen molar-refractivity contribution >= 4 is 28.2 Å². The Morgan fingerprint density at radius 3 is 2.64 bits per heavy atom. The summed E-state index contributed by atoms with van der Waals surface area (Å²) in [6.07, 6.45) is -0.909. The number of para-hydroxylation sites is 1. The SMILES string of the molecule is CC(C)(CCc1cccc2c1CCCN2c1nc2nncn2c2c(F)cccc12)C(F)(F)F. The van der Waals surface area contributed by atoms with Gasteiger partial charge in [0, 0.05) is 17.6 Å². The number of hydrogen-bond acceptors (Lipinski definition) is 4. The van der Waals surface area contributed by atoms with Crippen LogP contribution in [0.5, 0.6) is 0 Å². The quantitative estimate of drug-likeness (QED) is 0.352. The van der Waals surface area contributed by atoms with Gasteiger partial charge in [-0.15, -0.1) is 10.2 Å². The molecular formula is C24H23F4N5. The van der Waals surface area contributed by atoms with Crippen molar-refractivity contribution in [1.29, 1.82) is 0 Å². The second-order valence-corrected chi connectivity index (χ2v) is 9.12. The first kappa shape index (κ1) is 21.6. The minimum atomic E-state index is -4.26. The Kier molecular flexibility index (Phi) is 5.02. The number of rotatable bonds is 4. The van der Waals surface area contributed by atoms with Gasteiger partial charge in [-0.25, -0.2) is 4.39 Å². The zero-order valence-electron chi connectivity index (χ0n) is 18.3. The van der Waals surface area contributed by atoms with Crippen LogP contribution in [0.3, 0.4) is 0 Å². The van der Waals surface area contributed by atoms with E-state index in [9.17, 15) is 17.6 Å². The van der Waals surface area contributed by atoms with Gasteiger partial charge < -0.3 is 4.90 Å². The van der Waals surface area contributed by atoms with Crippen LogP contribution < -0.4 is 4.90 Å². The topological polar surface area (TPSA) is 46.3 Å². The summed E-state index contributed by atoms with van der Waals surface area (Å²) < 4.78 is 56.5. The lowest BCUT2D eigenvalue weighted by atomic mass is 9.83. The average molecular weight is 457 g/mol. The monoisotopic (exact) mass is 457 g/mol. The lowest BCUT2D eigenvalue weighted by Crippen LogP contribution is -2.32. The number of nitrogens with zero attached hydrogens (tertiary/aromatic N) is 5. The Bertz CT molecular complexity index is 1340. The molecule has 3 heterocycles. The van der Waals surface area contributed by atoms with Crippen LogP contribution in [0.25, 0.3) is 16.7 Å². The first-order chi connectivity index (χ1) is 15.7. The molecule has 9 heteroatoms. The molecular weight excluding hydrogens is 434 g/mol. The van der Waals surface area contributed by atoms with Gasteiger partial charge in [-0.05, 0) is 55.0 Å². The van der Waals surface area contributed by atoms with Crippen LogP contribution in [0, 0.1) is 11.2 Å². The van der Waals surface area contributed by atoms with Gasteiger partial charge in [-0.3, -0.25) is 4.40 Å². The summed E-state index contributed by atoms with van der Waals surface area (Å²) in [6.45, 7) is 3.15. The van der Waals surface area contributed by atoms with E-state index < -0.39 is 17.4 Å². The Hall–Kier alpha value is -3.23. The highest BCUT2D eigenvalue weighted by Gasteiger charge is 2.46. The maximum Gasteiger partial charge on any atom is 0.393 e. The molecule has 0 amide bonds. The molecule has 1 aliphatic heterocycles. The van der Waals surface area contributed by atoms with E-state index in [1.807, 2.05) is 29.2 Å². The van der Waals surface area contributed by atoms with Crippen molar-refractivity contribution in [3.63, 3.8) is 0 Å². The highest BCUT2D eigenvalue weighted by Crippen LogP contribution is 2.43. The van der Waals surface area contributed by atoms with Gasteiger partial charge in [0.05, 0.1) is 10.9 Å². The van der Waals surface area contributed by atoms with Gasteiger partial charge in [0.1, 0.15) is 18.0 Å². The van der Waals surface area contributed by atoms with Crippen LogP contribution in [0.15, 0.2) is 42.7 Å². The van der Waals surface area contributed by atoms with Crippen molar-refractivity contribution in [2.24, 2.45) is 5.41 Å². The molecule has 2 aromatic heterocycles. The van der Waals surface area contributed by atoms with Crippen molar-refractivity contribution in [2.75, 3.05) is 11.4 Å². The summed E-state index contributed by atoms with van der Waals surface area (Å²) in [5, 5.41) is 8.52. The summed E-state index contributed by atoms with van der Waals surface area (Å²) in [6, 6.07) is 10.6. The number of aromatic nitrogens is 4. The summed E-state index contributed by atoms with van der Waals surface area (Å²) in [5.41, 5.74) is 1.41. The molecule has 172 valence electrons. The second kappa shape index (κ2) is 7.67. The summed E-state index contributed by atoms with van der Waals surface area (Å²) >= 11 is 0. The van der Waals surface area contributed by atoms with E-state index >= 15 is 0 Å². The van der Waals surface area contributed by atoms with E-state index in [0.29, 0.717) is 29.7 Å². The first-order valence-electron chi connectivity index (χ1n) is 10.9. The van der Waals surface area contributed by atoms with E-state index in [1.54, 1.807) is 6.07 Å². The fourth-order valence-electron chi connectivity index (χ4n) is 4.50. The van der Waals surface area contributed by atoms with E-state index in [-0.39, 0.29) is 12.2 Å². The molecule has 0 saturated heterocycles. The van der Waals surface area contributed by atoms with E-state index in [1.165, 1.54) is 30.6 Å². The Labute approximate surface area is 188 Å². The van der Waals surface area contributed by atoms with Crippen LogP contribution in [-0.4, -0.2) is 32.3 Å². The molecule has 0 N–H and O–H groups in total. The summed E-state index contributed by atoms with van der Waals surface area (Å²) in [4.78, 5) is 6.70. The number of benzene rings is 2. The molecule has 0 radical (unpaired) electrons. The lowest BCUT2D eigenvalue weighted by Gasteiger charge is -2.33. The number of anilines is 2. The molecule has 0 bridgehead atoms. The van der Waals surface area contributed by atoms with Crippen molar-refractivity contribution in [3.8, 4) is 0 Å². The van der Waals surface area contributed by atoms with Crippen LogP contribution in [-0.2, 0) is 12.8 Å². The Morgan fingerprint density at radius 2 is 1.85 bits per heavy atom. The highest BCUT2D eigenvalue weighted by atomic mass is 19.4. The molecule has 5 nitrogen and oxygen atoms in total. The minimum Gasteiger partial charge on any atom is -0.325 e. The molecule has 33 heavy (non-hydrogen) atoms. The van der Waals surface area contributed by atoms with Crippen molar-refractivity contribution in [1.82, 2.24) is 19.6 Å². The maximum atomic E-state index is 14.8. The normalized spacial score (nSPS) is 14.8. The van der Waals surface area contributed by atoms with Crippen LogP contribution in [0.2, 0.25) is 0 Å². The number of halogens is 4. The van der Waals surface area contributed by atoms with Crippen LogP contribution in [0.1, 0.15) is 37.8 Å². The molecule has 0 saturated carbocycles. The van der Waals surface area contributed by atoms with Crippen molar-refractivity contribution in [3.05, 3.63) is 59.7 Å².